The number of hydrogen-bond acceptors (Lipinski definition) is 3. The van der Waals surface area contributed by atoms with Crippen LogP contribution in [0.5, 0.6) is 0 Å². The molecule has 0 spiro atoms. The van der Waals surface area contributed by atoms with Crippen LogP contribution in [-0.4, -0.2) is 25.0 Å². The standard InChI is InChI=1S/C12H14FNO3/c1-7-5-4-6-9(10(7)13)11(15)14-8(2)12(16)17-3/h4-6,8H,1-3H3,(H,14,15). The van der Waals surface area contributed by atoms with E-state index in [1.54, 1.807) is 19.1 Å². The highest BCUT2D eigenvalue weighted by Gasteiger charge is 2.19. The second kappa shape index (κ2) is 5.43. The topological polar surface area (TPSA) is 55.4 Å². The zero-order valence-corrected chi connectivity index (χ0v) is 9.91. The van der Waals surface area contributed by atoms with Gasteiger partial charge in [-0.25, -0.2) is 9.18 Å². The van der Waals surface area contributed by atoms with Crippen LogP contribution >= 0.6 is 0 Å². The fourth-order valence-corrected chi connectivity index (χ4v) is 1.33. The SMILES string of the molecule is COC(=O)C(C)NC(=O)c1cccc(C)c1F. The van der Waals surface area contributed by atoms with E-state index >= 15 is 0 Å². The third kappa shape index (κ3) is 3.03. The lowest BCUT2D eigenvalue weighted by molar-refractivity contribution is -0.142. The van der Waals surface area contributed by atoms with E-state index < -0.39 is 23.7 Å². The number of halogens is 1. The maximum absolute atomic E-state index is 13.6. The maximum Gasteiger partial charge on any atom is 0.328 e. The first kappa shape index (κ1) is 13.2. The predicted octanol–water partition coefficient (Wildman–Crippen LogP) is 1.43. The summed E-state index contributed by atoms with van der Waals surface area (Å²) in [7, 11) is 1.22. The third-order valence-electron chi connectivity index (χ3n) is 2.34. The molecule has 1 unspecified atom stereocenters. The number of esters is 1. The number of benzene rings is 1. The van der Waals surface area contributed by atoms with Crippen LogP contribution in [0.15, 0.2) is 18.2 Å². The third-order valence-corrected chi connectivity index (χ3v) is 2.34. The first-order chi connectivity index (χ1) is 7.97. The molecule has 0 radical (unpaired) electrons. The van der Waals surface area contributed by atoms with Crippen LogP contribution in [0.4, 0.5) is 4.39 Å². The molecule has 0 saturated heterocycles. The van der Waals surface area contributed by atoms with Gasteiger partial charge in [-0.05, 0) is 25.5 Å². The zero-order valence-electron chi connectivity index (χ0n) is 9.91. The molecule has 1 aromatic carbocycles. The van der Waals surface area contributed by atoms with Crippen molar-refractivity contribution in [3.8, 4) is 0 Å². The molecule has 92 valence electrons. The van der Waals surface area contributed by atoms with Gasteiger partial charge in [-0.3, -0.25) is 4.79 Å². The Morgan fingerprint density at radius 3 is 2.65 bits per heavy atom. The lowest BCUT2D eigenvalue weighted by atomic mass is 10.1. The van der Waals surface area contributed by atoms with Crippen molar-refractivity contribution >= 4 is 11.9 Å². The van der Waals surface area contributed by atoms with Crippen molar-refractivity contribution in [2.24, 2.45) is 0 Å². The molecule has 0 heterocycles. The molecule has 1 N–H and O–H groups in total. The van der Waals surface area contributed by atoms with Crippen LogP contribution in [0.25, 0.3) is 0 Å². The van der Waals surface area contributed by atoms with Crippen LogP contribution in [0.1, 0.15) is 22.8 Å². The lowest BCUT2D eigenvalue weighted by Gasteiger charge is -2.12. The van der Waals surface area contributed by atoms with Crippen molar-refractivity contribution in [1.29, 1.82) is 0 Å². The molecule has 1 atom stereocenters. The molecule has 1 rings (SSSR count). The molecular formula is C12H14FNO3. The molecular weight excluding hydrogens is 225 g/mol. The molecule has 0 saturated carbocycles. The van der Waals surface area contributed by atoms with E-state index in [-0.39, 0.29) is 5.56 Å². The summed E-state index contributed by atoms with van der Waals surface area (Å²) in [6.45, 7) is 3.04. The summed E-state index contributed by atoms with van der Waals surface area (Å²) in [5.41, 5.74) is 0.295. The Morgan fingerprint density at radius 1 is 1.41 bits per heavy atom. The number of methoxy groups -OCH3 is 1. The van der Waals surface area contributed by atoms with Crippen LogP contribution in [0.3, 0.4) is 0 Å². The second-order valence-electron chi connectivity index (χ2n) is 3.65. The second-order valence-corrected chi connectivity index (χ2v) is 3.65. The summed E-state index contributed by atoms with van der Waals surface area (Å²) in [6.07, 6.45) is 0. The van der Waals surface area contributed by atoms with Gasteiger partial charge in [-0.1, -0.05) is 12.1 Å². The summed E-state index contributed by atoms with van der Waals surface area (Å²) in [5.74, 6) is -1.79. The largest absolute Gasteiger partial charge is 0.467 e. The molecule has 0 aliphatic heterocycles. The number of carbonyl (C=O) groups excluding carboxylic acids is 2. The van der Waals surface area contributed by atoms with E-state index in [4.69, 9.17) is 0 Å². The van der Waals surface area contributed by atoms with Gasteiger partial charge < -0.3 is 10.1 Å². The molecule has 0 aliphatic carbocycles. The highest BCUT2D eigenvalue weighted by atomic mass is 19.1. The molecule has 0 bridgehead atoms. The number of amides is 1. The van der Waals surface area contributed by atoms with Gasteiger partial charge >= 0.3 is 5.97 Å². The first-order valence-electron chi connectivity index (χ1n) is 5.11. The Labute approximate surface area is 98.8 Å². The normalized spacial score (nSPS) is 11.8. The van der Waals surface area contributed by atoms with Crippen LogP contribution in [0, 0.1) is 12.7 Å². The summed E-state index contributed by atoms with van der Waals surface area (Å²) in [4.78, 5) is 22.8. The van der Waals surface area contributed by atoms with Crippen molar-refractivity contribution < 1.29 is 18.7 Å². The Bertz CT molecular complexity index is 445. The van der Waals surface area contributed by atoms with Gasteiger partial charge in [0.2, 0.25) is 0 Å². The predicted molar refractivity (Wildman–Crippen MR) is 60.1 cm³/mol. The summed E-state index contributed by atoms with van der Waals surface area (Å²) in [5, 5.41) is 2.36. The van der Waals surface area contributed by atoms with Gasteiger partial charge in [-0.15, -0.1) is 0 Å². The summed E-state index contributed by atoms with van der Waals surface area (Å²) >= 11 is 0. The lowest BCUT2D eigenvalue weighted by Crippen LogP contribution is -2.39. The number of aryl methyl sites for hydroxylation is 1. The minimum atomic E-state index is -0.813. The fourth-order valence-electron chi connectivity index (χ4n) is 1.33. The van der Waals surface area contributed by atoms with Gasteiger partial charge in [0.25, 0.3) is 5.91 Å². The van der Waals surface area contributed by atoms with Crippen molar-refractivity contribution in [1.82, 2.24) is 5.32 Å². The average Bonchev–Trinajstić information content (AvgIpc) is 2.31. The first-order valence-corrected chi connectivity index (χ1v) is 5.11. The molecule has 0 aromatic heterocycles. The van der Waals surface area contributed by atoms with E-state index in [0.29, 0.717) is 5.56 Å². The van der Waals surface area contributed by atoms with Crippen molar-refractivity contribution in [2.45, 2.75) is 19.9 Å². The van der Waals surface area contributed by atoms with Crippen molar-refractivity contribution in [3.05, 3.63) is 35.1 Å². The van der Waals surface area contributed by atoms with Crippen LogP contribution < -0.4 is 5.32 Å². The molecule has 0 aliphatic rings. The number of hydrogen-bond donors (Lipinski definition) is 1. The fraction of sp³-hybridized carbons (Fsp3) is 0.333. The van der Waals surface area contributed by atoms with Gasteiger partial charge in [-0.2, -0.15) is 0 Å². The van der Waals surface area contributed by atoms with E-state index in [0.717, 1.165) is 0 Å². The molecule has 0 fully saturated rings. The van der Waals surface area contributed by atoms with Crippen LogP contribution in [0.2, 0.25) is 0 Å². The maximum atomic E-state index is 13.6. The van der Waals surface area contributed by atoms with E-state index in [2.05, 4.69) is 10.1 Å². The number of carbonyl (C=O) groups is 2. The Hall–Kier alpha value is -1.91. The summed E-state index contributed by atoms with van der Waals surface area (Å²) in [6, 6.07) is 3.70. The monoisotopic (exact) mass is 239 g/mol. The smallest absolute Gasteiger partial charge is 0.328 e. The van der Waals surface area contributed by atoms with Gasteiger partial charge in [0.1, 0.15) is 11.9 Å². The van der Waals surface area contributed by atoms with Gasteiger partial charge in [0, 0.05) is 0 Å². The molecule has 1 aromatic rings. The minimum Gasteiger partial charge on any atom is -0.467 e. The minimum absolute atomic E-state index is 0.0826. The van der Waals surface area contributed by atoms with E-state index in [1.807, 2.05) is 0 Å². The number of ether oxygens (including phenoxy) is 1. The van der Waals surface area contributed by atoms with Crippen molar-refractivity contribution in [2.75, 3.05) is 7.11 Å². The van der Waals surface area contributed by atoms with E-state index in [1.165, 1.54) is 20.1 Å². The van der Waals surface area contributed by atoms with Crippen molar-refractivity contribution in [3.63, 3.8) is 0 Å². The summed E-state index contributed by atoms with van der Waals surface area (Å²) < 4.78 is 18.1. The van der Waals surface area contributed by atoms with Crippen LogP contribution in [-0.2, 0) is 9.53 Å². The zero-order chi connectivity index (χ0) is 13.0. The molecule has 17 heavy (non-hydrogen) atoms. The molecule has 4 nitrogen and oxygen atoms in total. The number of nitrogens with one attached hydrogen (secondary N) is 1. The number of rotatable bonds is 3. The van der Waals surface area contributed by atoms with Gasteiger partial charge in [0.15, 0.2) is 0 Å². The van der Waals surface area contributed by atoms with Gasteiger partial charge in [0.05, 0.1) is 12.7 Å². The Morgan fingerprint density at radius 2 is 2.06 bits per heavy atom. The molecule has 5 heteroatoms. The van der Waals surface area contributed by atoms with E-state index in [9.17, 15) is 14.0 Å². The molecule has 1 amide bonds. The highest BCUT2D eigenvalue weighted by Crippen LogP contribution is 2.11. The highest BCUT2D eigenvalue weighted by molar-refractivity contribution is 5.97. The Kier molecular flexibility index (Phi) is 4.20. The quantitative estimate of drug-likeness (QED) is 0.812. The average molecular weight is 239 g/mol. The Balaban J connectivity index is 2.84.